The highest BCUT2D eigenvalue weighted by Gasteiger charge is 2.44. The average molecular weight is 501 g/mol. The van der Waals surface area contributed by atoms with Gasteiger partial charge in [0.25, 0.3) is 10.0 Å². The molecule has 5 rings (SSSR count). The van der Waals surface area contributed by atoms with Crippen LogP contribution in [0.4, 0.5) is 15.9 Å². The van der Waals surface area contributed by atoms with E-state index >= 15 is 0 Å². The number of halogens is 1. The van der Waals surface area contributed by atoms with Gasteiger partial charge in [-0.1, -0.05) is 36.4 Å². The van der Waals surface area contributed by atoms with E-state index in [1.54, 1.807) is 6.07 Å². The number of hydrogen-bond acceptors (Lipinski definition) is 6. The van der Waals surface area contributed by atoms with Crippen molar-refractivity contribution in [3.63, 3.8) is 0 Å². The Morgan fingerprint density at radius 1 is 1.12 bits per heavy atom. The molecule has 3 atom stereocenters. The predicted molar refractivity (Wildman–Crippen MR) is 134 cm³/mol. The summed E-state index contributed by atoms with van der Waals surface area (Å²) in [5.41, 5.74) is 2.30. The maximum absolute atomic E-state index is 13.4. The number of aromatic nitrogens is 1. The number of aryl methyl sites for hydroxylation is 1. The molecule has 0 amide bonds. The third kappa shape index (κ3) is 4.69. The minimum absolute atomic E-state index is 0.0233. The highest BCUT2D eigenvalue weighted by atomic mass is 32.2. The van der Waals surface area contributed by atoms with Crippen LogP contribution in [0.2, 0.25) is 0 Å². The number of fused-ring (bicyclic) bond motifs is 2. The molecule has 1 aliphatic carbocycles. The molecule has 0 radical (unpaired) electrons. The number of piperidine rings is 1. The van der Waals surface area contributed by atoms with Crippen LogP contribution in [0.3, 0.4) is 0 Å². The SMILES string of the molecule is Cc1sc(S(=O)(=O)Nc2cccc(F)n2)cc1N(C)[C@H]1[C@@H]2CC[C@H]1CN(Cc1ccccc1)C2. The average Bonchev–Trinajstić information content (AvgIpc) is 3.32. The quantitative estimate of drug-likeness (QED) is 0.475. The van der Waals surface area contributed by atoms with Crippen molar-refractivity contribution in [2.75, 3.05) is 29.8 Å². The first-order valence-corrected chi connectivity index (χ1v) is 13.8. The third-order valence-electron chi connectivity index (χ3n) is 7.02. The molecule has 1 saturated heterocycles. The van der Waals surface area contributed by atoms with Gasteiger partial charge in [0.15, 0.2) is 0 Å². The Kier molecular flexibility index (Phi) is 6.35. The van der Waals surface area contributed by atoms with Gasteiger partial charge in [-0.15, -0.1) is 11.3 Å². The zero-order valence-corrected chi connectivity index (χ0v) is 20.9. The summed E-state index contributed by atoms with van der Waals surface area (Å²) in [5.74, 6) is 0.365. The lowest BCUT2D eigenvalue weighted by Gasteiger charge is -2.43. The number of hydrogen-bond donors (Lipinski definition) is 1. The Labute approximate surface area is 204 Å². The van der Waals surface area contributed by atoms with E-state index in [2.05, 4.69) is 56.9 Å². The second-order valence-electron chi connectivity index (χ2n) is 9.34. The van der Waals surface area contributed by atoms with Crippen molar-refractivity contribution in [3.05, 3.63) is 71.0 Å². The zero-order valence-electron chi connectivity index (χ0n) is 19.3. The topological polar surface area (TPSA) is 65.5 Å². The number of pyridine rings is 1. The molecule has 180 valence electrons. The number of nitrogens with zero attached hydrogens (tertiary/aromatic N) is 3. The molecule has 1 aliphatic heterocycles. The highest BCUT2D eigenvalue weighted by Crippen LogP contribution is 2.43. The summed E-state index contributed by atoms with van der Waals surface area (Å²) >= 11 is 1.24. The molecule has 6 nitrogen and oxygen atoms in total. The van der Waals surface area contributed by atoms with E-state index in [4.69, 9.17) is 0 Å². The highest BCUT2D eigenvalue weighted by molar-refractivity contribution is 7.94. The minimum atomic E-state index is -3.85. The number of anilines is 2. The van der Waals surface area contributed by atoms with Gasteiger partial charge < -0.3 is 4.90 Å². The predicted octanol–water partition coefficient (Wildman–Crippen LogP) is 4.74. The Morgan fingerprint density at radius 3 is 2.50 bits per heavy atom. The first-order valence-electron chi connectivity index (χ1n) is 11.5. The molecule has 1 aromatic carbocycles. The van der Waals surface area contributed by atoms with Crippen LogP contribution in [0.25, 0.3) is 0 Å². The van der Waals surface area contributed by atoms with E-state index < -0.39 is 16.0 Å². The van der Waals surface area contributed by atoms with Gasteiger partial charge >= 0.3 is 0 Å². The van der Waals surface area contributed by atoms with Crippen LogP contribution in [0, 0.1) is 24.7 Å². The van der Waals surface area contributed by atoms with Gasteiger partial charge in [0.1, 0.15) is 10.0 Å². The van der Waals surface area contributed by atoms with Crippen molar-refractivity contribution in [2.24, 2.45) is 11.8 Å². The number of thiophene rings is 1. The Hall–Kier alpha value is -2.49. The lowest BCUT2D eigenvalue weighted by molar-refractivity contribution is 0.138. The van der Waals surface area contributed by atoms with Gasteiger partial charge in [-0.05, 0) is 55.4 Å². The Morgan fingerprint density at radius 2 is 1.82 bits per heavy atom. The first-order chi connectivity index (χ1) is 16.3. The second-order valence-corrected chi connectivity index (χ2v) is 12.5. The number of nitrogens with one attached hydrogen (secondary N) is 1. The summed E-state index contributed by atoms with van der Waals surface area (Å²) in [7, 11) is -1.75. The lowest BCUT2D eigenvalue weighted by atomic mass is 9.90. The molecule has 0 unspecified atom stereocenters. The van der Waals surface area contributed by atoms with Crippen LogP contribution in [-0.2, 0) is 16.6 Å². The van der Waals surface area contributed by atoms with E-state index in [-0.39, 0.29) is 10.0 Å². The molecule has 34 heavy (non-hydrogen) atoms. The van der Waals surface area contributed by atoms with E-state index in [9.17, 15) is 12.8 Å². The molecular weight excluding hydrogens is 471 g/mol. The molecular formula is C25H29FN4O2S2. The molecule has 2 fully saturated rings. The van der Waals surface area contributed by atoms with Crippen LogP contribution in [0.5, 0.6) is 0 Å². The van der Waals surface area contributed by atoms with E-state index in [0.29, 0.717) is 17.9 Å². The molecule has 1 N–H and O–H groups in total. The zero-order chi connectivity index (χ0) is 23.9. The summed E-state index contributed by atoms with van der Waals surface area (Å²) in [6.07, 6.45) is 2.40. The fourth-order valence-corrected chi connectivity index (χ4v) is 8.11. The lowest BCUT2D eigenvalue weighted by Crippen LogP contribution is -2.51. The first kappa shape index (κ1) is 23.3. The molecule has 2 bridgehead atoms. The Bertz CT molecular complexity index is 1250. The van der Waals surface area contributed by atoms with E-state index in [1.807, 2.05) is 6.92 Å². The number of benzene rings is 1. The van der Waals surface area contributed by atoms with Crippen molar-refractivity contribution in [1.82, 2.24) is 9.88 Å². The molecule has 2 aliphatic rings. The van der Waals surface area contributed by atoms with Crippen LogP contribution in [0.15, 0.2) is 58.8 Å². The van der Waals surface area contributed by atoms with E-state index in [0.717, 1.165) is 30.2 Å². The second kappa shape index (κ2) is 9.28. The minimum Gasteiger partial charge on any atom is -0.370 e. The van der Waals surface area contributed by atoms with Gasteiger partial charge in [-0.2, -0.15) is 4.39 Å². The van der Waals surface area contributed by atoms with Gasteiger partial charge in [0.2, 0.25) is 5.95 Å². The Balaban J connectivity index is 1.31. The molecule has 0 spiro atoms. The molecule has 1 saturated carbocycles. The number of likely N-dealkylation sites (tertiary alicyclic amines) is 1. The van der Waals surface area contributed by atoms with Gasteiger partial charge in [0, 0.05) is 37.6 Å². The van der Waals surface area contributed by atoms with Crippen molar-refractivity contribution in [3.8, 4) is 0 Å². The van der Waals surface area contributed by atoms with Crippen LogP contribution < -0.4 is 9.62 Å². The summed E-state index contributed by atoms with van der Waals surface area (Å²) in [6.45, 7) is 5.05. The summed E-state index contributed by atoms with van der Waals surface area (Å²) in [5, 5.41) is 0. The molecule has 3 aromatic rings. The molecule has 3 heterocycles. The number of rotatable bonds is 7. The maximum atomic E-state index is 13.4. The number of sulfonamides is 1. The fraction of sp³-hybridized carbons (Fsp3) is 0.400. The van der Waals surface area contributed by atoms with Gasteiger partial charge in [0.05, 0.1) is 5.69 Å². The van der Waals surface area contributed by atoms with Crippen molar-refractivity contribution in [2.45, 2.75) is 36.6 Å². The van der Waals surface area contributed by atoms with E-state index in [1.165, 1.54) is 47.9 Å². The molecule has 2 aromatic heterocycles. The standard InChI is InChI=1S/C25H29FN4O2S2/c1-17-21(13-24(33-17)34(31,32)28-23-10-6-9-22(26)27-23)29(2)25-19-11-12-20(25)16-30(15-19)14-18-7-4-3-5-8-18/h3-10,13,19-20,25H,11-12,14-16H2,1-2H3,(H,27,28)/t19-,20+,25+. The van der Waals surface area contributed by atoms with Crippen molar-refractivity contribution in [1.29, 1.82) is 0 Å². The summed E-state index contributed by atoms with van der Waals surface area (Å²) in [4.78, 5) is 9.44. The van der Waals surface area contributed by atoms with Gasteiger partial charge in [-0.25, -0.2) is 13.4 Å². The smallest absolute Gasteiger partial charge is 0.272 e. The largest absolute Gasteiger partial charge is 0.370 e. The van der Waals surface area contributed by atoms with Crippen LogP contribution in [-0.4, -0.2) is 44.5 Å². The summed E-state index contributed by atoms with van der Waals surface area (Å²) < 4.78 is 41.9. The van der Waals surface area contributed by atoms with Crippen LogP contribution in [0.1, 0.15) is 23.3 Å². The van der Waals surface area contributed by atoms with Crippen LogP contribution >= 0.6 is 11.3 Å². The van der Waals surface area contributed by atoms with Crippen molar-refractivity contribution < 1.29 is 12.8 Å². The molecule has 9 heteroatoms. The fourth-order valence-electron chi connectivity index (χ4n) is 5.64. The van der Waals surface area contributed by atoms with Crippen molar-refractivity contribution >= 4 is 32.9 Å². The third-order valence-corrected chi connectivity index (χ3v) is 9.89. The summed E-state index contributed by atoms with van der Waals surface area (Å²) in [6, 6.07) is 16.8. The van der Waals surface area contributed by atoms with Gasteiger partial charge in [-0.3, -0.25) is 9.62 Å². The maximum Gasteiger partial charge on any atom is 0.272 e. The normalized spacial score (nSPS) is 22.6. The monoisotopic (exact) mass is 500 g/mol.